The Hall–Kier alpha value is 0.0700. The lowest BCUT2D eigenvalue weighted by atomic mass is 9.78. The number of nitrogens with one attached hydrogen (secondary N) is 1. The zero-order chi connectivity index (χ0) is 11.7. The number of likely N-dealkylation sites (tertiary alicyclic amines) is 1. The summed E-state index contributed by atoms with van der Waals surface area (Å²) in [5.74, 6) is 1.60. The summed E-state index contributed by atoms with van der Waals surface area (Å²) in [6.45, 7) is 4.34. The van der Waals surface area contributed by atoms with E-state index in [0.29, 0.717) is 11.3 Å². The summed E-state index contributed by atoms with van der Waals surface area (Å²) >= 11 is 1.86. The van der Waals surface area contributed by atoms with E-state index in [0.717, 1.165) is 19.5 Å². The van der Waals surface area contributed by atoms with Crippen LogP contribution in [0.3, 0.4) is 0 Å². The van der Waals surface area contributed by atoms with Crippen LogP contribution in [0.5, 0.6) is 0 Å². The smallest absolute Gasteiger partial charge is 0.235 e. The zero-order valence-corrected chi connectivity index (χ0v) is 12.5. The predicted molar refractivity (Wildman–Crippen MR) is 78.5 cm³/mol. The van der Waals surface area contributed by atoms with Crippen molar-refractivity contribution < 1.29 is 4.79 Å². The topological polar surface area (TPSA) is 32.3 Å². The minimum absolute atomic E-state index is 0. The van der Waals surface area contributed by atoms with Crippen molar-refractivity contribution in [2.45, 2.75) is 37.4 Å². The molecule has 3 saturated heterocycles. The molecule has 0 aromatic carbocycles. The number of hydrogen-bond donors (Lipinski definition) is 1. The van der Waals surface area contributed by atoms with Gasteiger partial charge in [-0.2, -0.15) is 0 Å². The van der Waals surface area contributed by atoms with E-state index in [4.69, 9.17) is 0 Å². The molecule has 0 radical (unpaired) electrons. The van der Waals surface area contributed by atoms with E-state index in [1.54, 1.807) is 0 Å². The molecule has 3 nitrogen and oxygen atoms in total. The number of nitrogens with zero attached hydrogens (tertiary/aromatic N) is 1. The first-order chi connectivity index (χ1) is 8.29. The Kier molecular flexibility index (Phi) is 4.84. The molecule has 1 unspecified atom stereocenters. The summed E-state index contributed by atoms with van der Waals surface area (Å²) in [5, 5.41) is 3.76. The summed E-state index contributed by atoms with van der Waals surface area (Å²) in [4.78, 5) is 14.4. The predicted octanol–water partition coefficient (Wildman–Crippen LogP) is 1.91. The SMILES string of the molecule is Cl.O=C(C1CCCS1)N1CCC2(CCNC2)CC1. The molecular weight excluding hydrogens is 268 g/mol. The van der Waals surface area contributed by atoms with Gasteiger partial charge in [0.25, 0.3) is 0 Å². The highest BCUT2D eigenvalue weighted by Gasteiger charge is 2.39. The van der Waals surface area contributed by atoms with Gasteiger partial charge in [0.05, 0.1) is 5.25 Å². The first-order valence-electron chi connectivity index (χ1n) is 6.90. The van der Waals surface area contributed by atoms with Crippen molar-refractivity contribution in [2.24, 2.45) is 5.41 Å². The normalized spacial score (nSPS) is 30.4. The molecule has 0 aromatic rings. The van der Waals surface area contributed by atoms with Crippen LogP contribution in [-0.2, 0) is 4.79 Å². The molecular formula is C13H23ClN2OS. The molecule has 0 aromatic heterocycles. The maximum absolute atomic E-state index is 12.3. The van der Waals surface area contributed by atoms with Crippen LogP contribution in [0.1, 0.15) is 32.1 Å². The molecule has 18 heavy (non-hydrogen) atoms. The van der Waals surface area contributed by atoms with Crippen LogP contribution >= 0.6 is 24.2 Å². The Labute approximate surface area is 120 Å². The fraction of sp³-hybridized carbons (Fsp3) is 0.923. The molecule has 1 amide bonds. The van der Waals surface area contributed by atoms with Crippen molar-refractivity contribution in [3.63, 3.8) is 0 Å². The Morgan fingerprint density at radius 3 is 2.61 bits per heavy atom. The van der Waals surface area contributed by atoms with Gasteiger partial charge in [-0.25, -0.2) is 0 Å². The summed E-state index contributed by atoms with van der Waals surface area (Å²) in [7, 11) is 0. The van der Waals surface area contributed by atoms with Crippen LogP contribution in [0, 0.1) is 5.41 Å². The number of rotatable bonds is 1. The average molecular weight is 291 g/mol. The fourth-order valence-electron chi connectivity index (χ4n) is 3.40. The monoisotopic (exact) mass is 290 g/mol. The third kappa shape index (κ3) is 2.81. The highest BCUT2D eigenvalue weighted by molar-refractivity contribution is 8.00. The summed E-state index contributed by atoms with van der Waals surface area (Å²) in [6.07, 6.45) is 6.06. The molecule has 0 bridgehead atoms. The van der Waals surface area contributed by atoms with Crippen LogP contribution in [0.15, 0.2) is 0 Å². The lowest BCUT2D eigenvalue weighted by Crippen LogP contribution is -2.46. The number of carbonyl (C=O) groups is 1. The highest BCUT2D eigenvalue weighted by atomic mass is 35.5. The second kappa shape index (κ2) is 6.02. The molecule has 5 heteroatoms. The van der Waals surface area contributed by atoms with Gasteiger partial charge < -0.3 is 10.2 Å². The van der Waals surface area contributed by atoms with Crippen molar-refractivity contribution in [1.82, 2.24) is 10.2 Å². The highest BCUT2D eigenvalue weighted by Crippen LogP contribution is 2.38. The summed E-state index contributed by atoms with van der Waals surface area (Å²) < 4.78 is 0. The van der Waals surface area contributed by atoms with Gasteiger partial charge in [-0.1, -0.05) is 0 Å². The summed E-state index contributed by atoms with van der Waals surface area (Å²) in [6, 6.07) is 0. The van der Waals surface area contributed by atoms with Gasteiger partial charge >= 0.3 is 0 Å². The Bertz CT molecular complexity index is 291. The van der Waals surface area contributed by atoms with E-state index < -0.39 is 0 Å². The maximum Gasteiger partial charge on any atom is 0.235 e. The van der Waals surface area contributed by atoms with Crippen LogP contribution in [-0.4, -0.2) is 48.0 Å². The van der Waals surface area contributed by atoms with Crippen molar-refractivity contribution in [1.29, 1.82) is 0 Å². The van der Waals surface area contributed by atoms with E-state index in [1.807, 2.05) is 11.8 Å². The van der Waals surface area contributed by atoms with Crippen molar-refractivity contribution in [2.75, 3.05) is 31.9 Å². The van der Waals surface area contributed by atoms with E-state index in [-0.39, 0.29) is 17.7 Å². The maximum atomic E-state index is 12.3. The molecule has 1 N–H and O–H groups in total. The van der Waals surface area contributed by atoms with Crippen LogP contribution in [0.4, 0.5) is 0 Å². The van der Waals surface area contributed by atoms with Crippen molar-refractivity contribution in [3.8, 4) is 0 Å². The standard InChI is InChI=1S/C13H22N2OS.ClH/c16-12(11-2-1-9-17-11)15-7-4-13(5-8-15)3-6-14-10-13;/h11,14H,1-10H2;1H. The van der Waals surface area contributed by atoms with Gasteiger partial charge in [-0.15, -0.1) is 24.2 Å². The lowest BCUT2D eigenvalue weighted by molar-refractivity contribution is -0.132. The molecule has 104 valence electrons. The number of hydrogen-bond acceptors (Lipinski definition) is 3. The Morgan fingerprint density at radius 1 is 1.28 bits per heavy atom. The second-order valence-corrected chi connectivity index (χ2v) is 7.06. The number of thioether (sulfide) groups is 1. The largest absolute Gasteiger partial charge is 0.342 e. The lowest BCUT2D eigenvalue weighted by Gasteiger charge is -2.39. The van der Waals surface area contributed by atoms with Gasteiger partial charge in [0.1, 0.15) is 0 Å². The van der Waals surface area contributed by atoms with Crippen molar-refractivity contribution >= 4 is 30.1 Å². The second-order valence-electron chi connectivity index (χ2n) is 5.75. The third-order valence-corrected chi connectivity index (χ3v) is 6.04. The molecule has 0 saturated carbocycles. The first-order valence-corrected chi connectivity index (χ1v) is 7.95. The Morgan fingerprint density at radius 2 is 2.06 bits per heavy atom. The van der Waals surface area contributed by atoms with E-state index in [2.05, 4.69) is 10.2 Å². The van der Waals surface area contributed by atoms with Crippen LogP contribution < -0.4 is 5.32 Å². The molecule has 3 rings (SSSR count). The molecule has 1 atom stereocenters. The van der Waals surface area contributed by atoms with Gasteiger partial charge in [0.2, 0.25) is 5.91 Å². The fourth-order valence-corrected chi connectivity index (χ4v) is 4.64. The van der Waals surface area contributed by atoms with Gasteiger partial charge in [-0.3, -0.25) is 4.79 Å². The first kappa shape index (κ1) is 14.5. The van der Waals surface area contributed by atoms with Gasteiger partial charge in [-0.05, 0) is 49.8 Å². The molecule has 1 spiro atoms. The van der Waals surface area contributed by atoms with Gasteiger partial charge in [0.15, 0.2) is 0 Å². The molecule has 3 fully saturated rings. The Balaban J connectivity index is 0.00000120. The molecule has 3 heterocycles. The van der Waals surface area contributed by atoms with E-state index >= 15 is 0 Å². The quantitative estimate of drug-likeness (QED) is 0.801. The number of halogens is 1. The van der Waals surface area contributed by atoms with Crippen LogP contribution in [0.2, 0.25) is 0 Å². The van der Waals surface area contributed by atoms with Crippen molar-refractivity contribution in [3.05, 3.63) is 0 Å². The zero-order valence-electron chi connectivity index (χ0n) is 10.8. The minimum Gasteiger partial charge on any atom is -0.342 e. The third-order valence-electron chi connectivity index (χ3n) is 4.67. The molecule has 0 aliphatic carbocycles. The van der Waals surface area contributed by atoms with E-state index in [1.165, 1.54) is 44.5 Å². The minimum atomic E-state index is 0. The number of piperidine rings is 1. The van der Waals surface area contributed by atoms with Crippen LogP contribution in [0.25, 0.3) is 0 Å². The van der Waals surface area contributed by atoms with E-state index in [9.17, 15) is 4.79 Å². The molecule has 3 aliphatic heterocycles. The summed E-state index contributed by atoms with van der Waals surface area (Å²) in [5.41, 5.74) is 0.527. The number of carbonyl (C=O) groups excluding carboxylic acids is 1. The van der Waals surface area contributed by atoms with Gasteiger partial charge in [0, 0.05) is 19.6 Å². The average Bonchev–Trinajstić information content (AvgIpc) is 3.01. The molecule has 3 aliphatic rings. The number of amides is 1.